The molecule has 7 nitrogen and oxygen atoms in total. The van der Waals surface area contributed by atoms with Gasteiger partial charge in [-0.2, -0.15) is 5.26 Å². The second kappa shape index (κ2) is 9.76. The van der Waals surface area contributed by atoms with Gasteiger partial charge in [-0.15, -0.1) is 11.3 Å². The third kappa shape index (κ3) is 4.25. The second-order valence-corrected chi connectivity index (χ2v) is 9.64. The fourth-order valence-electron chi connectivity index (χ4n) is 3.89. The van der Waals surface area contributed by atoms with Crippen LogP contribution in [0.4, 0.5) is 0 Å². The number of hydrogen-bond acceptors (Lipinski definition) is 7. The quantitative estimate of drug-likeness (QED) is 0.387. The molecule has 0 spiro atoms. The third-order valence-electron chi connectivity index (χ3n) is 5.59. The summed E-state index contributed by atoms with van der Waals surface area (Å²) in [6.45, 7) is 0.374. The minimum atomic E-state index is -0.119. The fraction of sp³-hybridized carbons (Fsp3) is 0.391. The van der Waals surface area contributed by atoms with Crippen LogP contribution in [0.2, 0.25) is 0 Å². The van der Waals surface area contributed by atoms with E-state index < -0.39 is 0 Å². The summed E-state index contributed by atoms with van der Waals surface area (Å²) in [6, 6.07) is 9.40. The number of thioether (sulfide) groups is 1. The van der Waals surface area contributed by atoms with Crippen molar-refractivity contribution in [2.45, 2.75) is 37.3 Å². The Labute approximate surface area is 194 Å². The third-order valence-corrected chi connectivity index (χ3v) is 7.70. The van der Waals surface area contributed by atoms with E-state index in [-0.39, 0.29) is 23.6 Å². The van der Waals surface area contributed by atoms with Gasteiger partial charge in [-0.3, -0.25) is 14.2 Å². The fourth-order valence-corrected chi connectivity index (χ4v) is 6.14. The molecule has 2 heterocycles. The van der Waals surface area contributed by atoms with Crippen molar-refractivity contribution in [1.29, 1.82) is 5.26 Å². The van der Waals surface area contributed by atoms with Crippen LogP contribution in [0.3, 0.4) is 0 Å². The van der Waals surface area contributed by atoms with E-state index in [9.17, 15) is 9.59 Å². The van der Waals surface area contributed by atoms with Crippen LogP contribution in [0.1, 0.15) is 29.7 Å². The maximum atomic E-state index is 13.8. The summed E-state index contributed by atoms with van der Waals surface area (Å²) in [7, 11) is 3.25. The normalized spacial score (nSPS) is 12.9. The number of carbonyl (C=O) groups excluding carboxylic acids is 1. The van der Waals surface area contributed by atoms with Crippen molar-refractivity contribution in [1.82, 2.24) is 14.5 Å². The molecular formula is C23H24N4O3S2. The van der Waals surface area contributed by atoms with E-state index in [2.05, 4.69) is 6.07 Å². The number of para-hydroxylation sites is 2. The molecule has 1 aromatic carbocycles. The summed E-state index contributed by atoms with van der Waals surface area (Å²) in [5, 5.41) is 9.92. The molecule has 0 saturated carbocycles. The number of thiophene rings is 1. The molecule has 0 unspecified atom stereocenters. The molecule has 0 N–H and O–H groups in total. The van der Waals surface area contributed by atoms with Crippen LogP contribution in [-0.4, -0.2) is 46.8 Å². The monoisotopic (exact) mass is 468 g/mol. The van der Waals surface area contributed by atoms with Crippen LogP contribution in [0.25, 0.3) is 15.9 Å². The van der Waals surface area contributed by atoms with Gasteiger partial charge in [0, 0.05) is 18.5 Å². The average molecular weight is 469 g/mol. The SMILES string of the molecule is COc1ccccc1-n1c(SCC(=O)N(C)CCC#N)nc2sc3c(c2c1=O)CCCC3. The number of amides is 1. The van der Waals surface area contributed by atoms with Crippen LogP contribution in [-0.2, 0) is 17.6 Å². The Morgan fingerprint density at radius 1 is 1.34 bits per heavy atom. The highest BCUT2D eigenvalue weighted by molar-refractivity contribution is 7.99. The maximum absolute atomic E-state index is 13.8. The molecule has 0 aliphatic heterocycles. The lowest BCUT2D eigenvalue weighted by Gasteiger charge is -2.17. The number of nitriles is 1. The summed E-state index contributed by atoms with van der Waals surface area (Å²) in [5.74, 6) is 0.580. The highest BCUT2D eigenvalue weighted by Gasteiger charge is 2.24. The first-order valence-corrected chi connectivity index (χ1v) is 12.3. The Hall–Kier alpha value is -2.83. The number of carbonyl (C=O) groups is 1. The van der Waals surface area contributed by atoms with Crippen molar-refractivity contribution in [2.75, 3.05) is 26.5 Å². The molecule has 0 radical (unpaired) electrons. The predicted octanol–water partition coefficient (Wildman–Crippen LogP) is 3.80. The van der Waals surface area contributed by atoms with Gasteiger partial charge in [-0.05, 0) is 43.4 Å². The van der Waals surface area contributed by atoms with Gasteiger partial charge in [0.2, 0.25) is 5.91 Å². The molecule has 9 heteroatoms. The van der Waals surface area contributed by atoms with Gasteiger partial charge in [0.25, 0.3) is 5.56 Å². The van der Waals surface area contributed by atoms with Crippen molar-refractivity contribution in [3.05, 3.63) is 45.1 Å². The van der Waals surface area contributed by atoms with E-state index >= 15 is 0 Å². The van der Waals surface area contributed by atoms with E-state index in [1.54, 1.807) is 30.1 Å². The maximum Gasteiger partial charge on any atom is 0.267 e. The van der Waals surface area contributed by atoms with Crippen molar-refractivity contribution in [3.8, 4) is 17.5 Å². The Balaban J connectivity index is 1.81. The average Bonchev–Trinajstić information content (AvgIpc) is 3.19. The number of aromatic nitrogens is 2. The molecule has 0 bridgehead atoms. The Morgan fingerprint density at radius 2 is 2.12 bits per heavy atom. The van der Waals surface area contributed by atoms with Gasteiger partial charge in [-0.1, -0.05) is 23.9 Å². The highest BCUT2D eigenvalue weighted by atomic mass is 32.2. The molecule has 0 atom stereocenters. The lowest BCUT2D eigenvalue weighted by atomic mass is 9.97. The zero-order chi connectivity index (χ0) is 22.7. The zero-order valence-electron chi connectivity index (χ0n) is 18.1. The number of methoxy groups -OCH3 is 1. The van der Waals surface area contributed by atoms with Crippen LogP contribution in [0.15, 0.2) is 34.2 Å². The summed E-state index contributed by atoms with van der Waals surface area (Å²) in [4.78, 5) is 34.7. The Morgan fingerprint density at radius 3 is 2.91 bits per heavy atom. The number of aryl methyl sites for hydroxylation is 2. The molecule has 4 rings (SSSR count). The van der Waals surface area contributed by atoms with Crippen LogP contribution in [0, 0.1) is 11.3 Å². The van der Waals surface area contributed by atoms with Crippen molar-refractivity contribution >= 4 is 39.2 Å². The number of rotatable bonds is 7. The second-order valence-electron chi connectivity index (χ2n) is 7.61. The van der Waals surface area contributed by atoms with Gasteiger partial charge in [0.05, 0.1) is 36.4 Å². The topological polar surface area (TPSA) is 88.2 Å². The van der Waals surface area contributed by atoms with E-state index in [1.165, 1.54) is 21.5 Å². The molecular weight excluding hydrogens is 444 g/mol. The number of hydrogen-bond donors (Lipinski definition) is 0. The van der Waals surface area contributed by atoms with Gasteiger partial charge in [0.1, 0.15) is 10.6 Å². The number of ether oxygens (including phenoxy) is 1. The summed E-state index contributed by atoms with van der Waals surface area (Å²) in [6.07, 6.45) is 4.37. The van der Waals surface area contributed by atoms with Crippen LogP contribution in [0.5, 0.6) is 5.75 Å². The summed E-state index contributed by atoms with van der Waals surface area (Å²) < 4.78 is 7.10. The molecule has 1 aliphatic rings. The van der Waals surface area contributed by atoms with Crippen LogP contribution >= 0.6 is 23.1 Å². The largest absolute Gasteiger partial charge is 0.495 e. The lowest BCUT2D eigenvalue weighted by Crippen LogP contribution is -2.29. The van der Waals surface area contributed by atoms with Gasteiger partial charge < -0.3 is 9.64 Å². The number of nitrogens with zero attached hydrogens (tertiary/aromatic N) is 4. The Bertz CT molecular complexity index is 1260. The lowest BCUT2D eigenvalue weighted by molar-refractivity contribution is -0.127. The molecule has 3 aromatic rings. The predicted molar refractivity (Wildman–Crippen MR) is 127 cm³/mol. The minimum absolute atomic E-state index is 0.114. The zero-order valence-corrected chi connectivity index (χ0v) is 19.7. The van der Waals surface area contributed by atoms with Crippen molar-refractivity contribution in [2.24, 2.45) is 0 Å². The molecule has 32 heavy (non-hydrogen) atoms. The first-order chi connectivity index (χ1) is 15.5. The van der Waals surface area contributed by atoms with Gasteiger partial charge >= 0.3 is 0 Å². The smallest absolute Gasteiger partial charge is 0.267 e. The van der Waals surface area contributed by atoms with E-state index in [0.29, 0.717) is 28.5 Å². The standard InChI is InChI=1S/C23H24N4O3S2/c1-26(13-7-12-24)19(28)14-31-23-25-21-20(15-8-3-6-11-18(15)32-21)22(29)27(23)16-9-4-5-10-17(16)30-2/h4-5,9-10H,3,6-8,11,13-14H2,1-2H3. The molecule has 1 aliphatic carbocycles. The van der Waals surface area contributed by atoms with Crippen molar-refractivity contribution in [3.63, 3.8) is 0 Å². The number of fused-ring (bicyclic) bond motifs is 3. The van der Waals surface area contributed by atoms with Crippen molar-refractivity contribution < 1.29 is 9.53 Å². The molecule has 2 aromatic heterocycles. The molecule has 1 amide bonds. The highest BCUT2D eigenvalue weighted by Crippen LogP contribution is 2.36. The summed E-state index contributed by atoms with van der Waals surface area (Å²) in [5.41, 5.74) is 1.62. The molecule has 166 valence electrons. The van der Waals surface area contributed by atoms with E-state index in [0.717, 1.165) is 36.1 Å². The van der Waals surface area contributed by atoms with E-state index in [4.69, 9.17) is 15.0 Å². The van der Waals surface area contributed by atoms with E-state index in [1.807, 2.05) is 24.3 Å². The van der Waals surface area contributed by atoms with Crippen LogP contribution < -0.4 is 10.3 Å². The summed E-state index contributed by atoms with van der Waals surface area (Å²) >= 11 is 2.83. The molecule has 0 fully saturated rings. The Kier molecular flexibility index (Phi) is 6.82. The van der Waals surface area contributed by atoms with Gasteiger partial charge in [-0.25, -0.2) is 4.98 Å². The minimum Gasteiger partial charge on any atom is -0.495 e. The first-order valence-electron chi connectivity index (χ1n) is 10.5. The molecule has 0 saturated heterocycles. The first kappa shape index (κ1) is 22.4. The van der Waals surface area contributed by atoms with Gasteiger partial charge in [0.15, 0.2) is 5.16 Å². The number of benzene rings is 1.